The van der Waals surface area contributed by atoms with Crippen LogP contribution in [-0.4, -0.2) is 49.3 Å². The van der Waals surface area contributed by atoms with Gasteiger partial charge < -0.3 is 20.1 Å². The summed E-state index contributed by atoms with van der Waals surface area (Å²) in [5, 5.41) is 0. The van der Waals surface area contributed by atoms with Gasteiger partial charge in [-0.1, -0.05) is 6.92 Å². The number of hydrogen-bond donors (Lipinski definition) is 1. The first-order chi connectivity index (χ1) is 11.7. The number of hydrogen-bond acceptors (Lipinski definition) is 4. The third-order valence-electron chi connectivity index (χ3n) is 5.08. The van der Waals surface area contributed by atoms with Crippen LogP contribution in [0, 0.1) is 5.92 Å². The lowest BCUT2D eigenvalue weighted by Gasteiger charge is -2.38. The summed E-state index contributed by atoms with van der Waals surface area (Å²) in [6.07, 6.45) is 4.10. The van der Waals surface area contributed by atoms with Gasteiger partial charge in [-0.05, 0) is 43.0 Å². The van der Waals surface area contributed by atoms with Gasteiger partial charge in [0.2, 0.25) is 0 Å². The van der Waals surface area contributed by atoms with Crippen LogP contribution in [0.1, 0.15) is 43.0 Å². The number of amides is 1. The normalized spacial score (nSPS) is 24.5. The van der Waals surface area contributed by atoms with Crippen molar-refractivity contribution in [3.8, 4) is 5.75 Å². The van der Waals surface area contributed by atoms with Crippen LogP contribution in [-0.2, 0) is 4.74 Å². The van der Waals surface area contributed by atoms with E-state index in [1.54, 1.807) is 0 Å². The number of carbonyl (C=O) groups is 1. The SMILES string of the molecule is CC1CCN(C(=O)c2ccc(OC3CCOCC3)cc2)C(CN)C1.Cl. The van der Waals surface area contributed by atoms with Gasteiger partial charge in [-0.2, -0.15) is 0 Å². The lowest BCUT2D eigenvalue weighted by molar-refractivity contribution is 0.0255. The molecule has 2 fully saturated rings. The summed E-state index contributed by atoms with van der Waals surface area (Å²) in [6.45, 7) is 5.07. The molecule has 0 aromatic heterocycles. The summed E-state index contributed by atoms with van der Waals surface area (Å²) in [4.78, 5) is 14.7. The largest absolute Gasteiger partial charge is 0.490 e. The van der Waals surface area contributed by atoms with E-state index in [0.717, 1.165) is 51.2 Å². The molecular formula is C19H29ClN2O3. The van der Waals surface area contributed by atoms with E-state index in [-0.39, 0.29) is 30.5 Å². The van der Waals surface area contributed by atoms with E-state index in [1.807, 2.05) is 29.2 Å². The van der Waals surface area contributed by atoms with E-state index in [1.165, 1.54) is 0 Å². The number of halogens is 1. The summed E-state index contributed by atoms with van der Waals surface area (Å²) in [6, 6.07) is 7.67. The molecule has 1 amide bonds. The number of nitrogens with zero attached hydrogens (tertiary/aromatic N) is 1. The van der Waals surface area contributed by atoms with Gasteiger partial charge >= 0.3 is 0 Å². The molecule has 0 aliphatic carbocycles. The van der Waals surface area contributed by atoms with E-state index < -0.39 is 0 Å². The highest BCUT2D eigenvalue weighted by atomic mass is 35.5. The Balaban J connectivity index is 0.00000225. The first kappa shape index (κ1) is 20.0. The lowest BCUT2D eigenvalue weighted by atomic mass is 9.92. The zero-order valence-electron chi connectivity index (χ0n) is 14.9. The standard InChI is InChI=1S/C19H28N2O3.ClH/c1-14-6-9-21(16(12-14)13-20)19(22)15-2-4-17(5-3-15)24-18-7-10-23-11-8-18;/h2-5,14,16,18H,6-13,20H2,1H3;1H. The Morgan fingerprint density at radius 1 is 1.24 bits per heavy atom. The predicted octanol–water partition coefficient (Wildman–Crippen LogP) is 2.87. The lowest BCUT2D eigenvalue weighted by Crippen LogP contribution is -2.49. The molecule has 0 saturated carbocycles. The van der Waals surface area contributed by atoms with E-state index in [0.29, 0.717) is 18.0 Å². The van der Waals surface area contributed by atoms with Gasteiger partial charge in [0, 0.05) is 37.5 Å². The molecule has 2 unspecified atom stereocenters. The number of ether oxygens (including phenoxy) is 2. The number of carbonyl (C=O) groups excluding carboxylic acids is 1. The van der Waals surface area contributed by atoms with Crippen LogP contribution in [0.2, 0.25) is 0 Å². The highest BCUT2D eigenvalue weighted by molar-refractivity contribution is 5.94. The van der Waals surface area contributed by atoms with Gasteiger partial charge in [0.25, 0.3) is 5.91 Å². The van der Waals surface area contributed by atoms with E-state index in [4.69, 9.17) is 15.2 Å². The molecule has 2 heterocycles. The fourth-order valence-corrected chi connectivity index (χ4v) is 3.57. The second kappa shape index (κ2) is 9.41. The topological polar surface area (TPSA) is 64.8 Å². The highest BCUT2D eigenvalue weighted by Crippen LogP contribution is 2.25. The molecule has 0 radical (unpaired) electrons. The number of likely N-dealkylation sites (tertiary alicyclic amines) is 1. The molecule has 140 valence electrons. The Hall–Kier alpha value is -1.30. The second-order valence-electron chi connectivity index (χ2n) is 6.97. The van der Waals surface area contributed by atoms with Gasteiger partial charge in [0.1, 0.15) is 11.9 Å². The summed E-state index contributed by atoms with van der Waals surface area (Å²) in [5.41, 5.74) is 6.59. The van der Waals surface area contributed by atoms with Crippen LogP contribution in [0.25, 0.3) is 0 Å². The minimum Gasteiger partial charge on any atom is -0.490 e. The molecule has 0 bridgehead atoms. The summed E-state index contributed by atoms with van der Waals surface area (Å²) in [7, 11) is 0. The van der Waals surface area contributed by atoms with Crippen molar-refractivity contribution in [3.05, 3.63) is 29.8 Å². The van der Waals surface area contributed by atoms with Gasteiger partial charge in [0.15, 0.2) is 0 Å². The molecule has 2 aliphatic heterocycles. The summed E-state index contributed by atoms with van der Waals surface area (Å²) in [5.74, 6) is 1.54. The molecule has 3 rings (SSSR count). The van der Waals surface area contributed by atoms with Crippen molar-refractivity contribution in [2.45, 2.75) is 44.8 Å². The highest BCUT2D eigenvalue weighted by Gasteiger charge is 2.29. The van der Waals surface area contributed by atoms with Crippen LogP contribution >= 0.6 is 12.4 Å². The fraction of sp³-hybridized carbons (Fsp3) is 0.632. The second-order valence-corrected chi connectivity index (χ2v) is 6.97. The molecule has 2 saturated heterocycles. The smallest absolute Gasteiger partial charge is 0.254 e. The fourth-order valence-electron chi connectivity index (χ4n) is 3.57. The molecule has 2 aliphatic rings. The molecule has 1 aromatic carbocycles. The number of rotatable bonds is 4. The van der Waals surface area contributed by atoms with Crippen molar-refractivity contribution >= 4 is 18.3 Å². The monoisotopic (exact) mass is 368 g/mol. The van der Waals surface area contributed by atoms with E-state index in [9.17, 15) is 4.79 Å². The van der Waals surface area contributed by atoms with Crippen molar-refractivity contribution in [2.75, 3.05) is 26.3 Å². The zero-order chi connectivity index (χ0) is 16.9. The molecular weight excluding hydrogens is 340 g/mol. The Bertz CT molecular complexity index is 546. The molecule has 5 nitrogen and oxygen atoms in total. The molecule has 2 atom stereocenters. The average Bonchev–Trinajstić information content (AvgIpc) is 2.62. The van der Waals surface area contributed by atoms with Crippen molar-refractivity contribution < 1.29 is 14.3 Å². The summed E-state index contributed by atoms with van der Waals surface area (Å²) >= 11 is 0. The Kier molecular flexibility index (Phi) is 7.54. The molecule has 0 spiro atoms. The molecule has 1 aromatic rings. The van der Waals surface area contributed by atoms with Crippen LogP contribution in [0.4, 0.5) is 0 Å². The minimum atomic E-state index is 0. The first-order valence-corrected chi connectivity index (χ1v) is 9.03. The maximum Gasteiger partial charge on any atom is 0.254 e. The first-order valence-electron chi connectivity index (χ1n) is 9.03. The maximum atomic E-state index is 12.8. The minimum absolute atomic E-state index is 0. The number of piperidine rings is 1. The predicted molar refractivity (Wildman–Crippen MR) is 100 cm³/mol. The van der Waals surface area contributed by atoms with Gasteiger partial charge in [-0.25, -0.2) is 0 Å². The molecule has 2 N–H and O–H groups in total. The van der Waals surface area contributed by atoms with Crippen LogP contribution in [0.3, 0.4) is 0 Å². The number of benzene rings is 1. The van der Waals surface area contributed by atoms with Crippen molar-refractivity contribution in [1.82, 2.24) is 4.90 Å². The van der Waals surface area contributed by atoms with Crippen LogP contribution < -0.4 is 10.5 Å². The van der Waals surface area contributed by atoms with Crippen LogP contribution in [0.5, 0.6) is 5.75 Å². The Labute approximate surface area is 156 Å². The summed E-state index contributed by atoms with van der Waals surface area (Å²) < 4.78 is 11.3. The van der Waals surface area contributed by atoms with E-state index in [2.05, 4.69) is 6.92 Å². The zero-order valence-corrected chi connectivity index (χ0v) is 15.7. The van der Waals surface area contributed by atoms with Crippen molar-refractivity contribution in [2.24, 2.45) is 11.7 Å². The molecule has 25 heavy (non-hydrogen) atoms. The van der Waals surface area contributed by atoms with Crippen LogP contribution in [0.15, 0.2) is 24.3 Å². The van der Waals surface area contributed by atoms with Gasteiger partial charge in [-0.3, -0.25) is 4.79 Å². The third kappa shape index (κ3) is 5.09. The van der Waals surface area contributed by atoms with Crippen molar-refractivity contribution in [1.29, 1.82) is 0 Å². The average molecular weight is 369 g/mol. The van der Waals surface area contributed by atoms with E-state index >= 15 is 0 Å². The quantitative estimate of drug-likeness (QED) is 0.887. The number of nitrogens with two attached hydrogens (primary N) is 1. The maximum absolute atomic E-state index is 12.8. The third-order valence-corrected chi connectivity index (χ3v) is 5.08. The molecule has 6 heteroatoms. The Morgan fingerprint density at radius 2 is 1.92 bits per heavy atom. The van der Waals surface area contributed by atoms with Crippen molar-refractivity contribution in [3.63, 3.8) is 0 Å². The Morgan fingerprint density at radius 3 is 2.56 bits per heavy atom. The van der Waals surface area contributed by atoms with Gasteiger partial charge in [-0.15, -0.1) is 12.4 Å². The van der Waals surface area contributed by atoms with Gasteiger partial charge in [0.05, 0.1) is 13.2 Å².